The molecule has 2 atom stereocenters. The van der Waals surface area contributed by atoms with Crippen LogP contribution in [0.25, 0.3) is 0 Å². The molecule has 0 spiro atoms. The van der Waals surface area contributed by atoms with Crippen LogP contribution in [0.15, 0.2) is 36.4 Å². The molecule has 0 radical (unpaired) electrons. The summed E-state index contributed by atoms with van der Waals surface area (Å²) in [4.78, 5) is 27.5. The molecule has 1 aliphatic rings. The van der Waals surface area contributed by atoms with E-state index in [1.54, 1.807) is 19.2 Å². The minimum Gasteiger partial charge on any atom is -0.507 e. The summed E-state index contributed by atoms with van der Waals surface area (Å²) in [6.07, 6.45) is 1.95. The maximum absolute atomic E-state index is 13.6. The van der Waals surface area contributed by atoms with E-state index in [4.69, 9.17) is 5.41 Å². The first kappa shape index (κ1) is 28.4. The van der Waals surface area contributed by atoms with E-state index in [0.29, 0.717) is 23.5 Å². The average molecular weight is 506 g/mol. The highest BCUT2D eigenvalue weighted by Crippen LogP contribution is 2.41. The highest BCUT2D eigenvalue weighted by molar-refractivity contribution is 6.01. The SMILES string of the molecule is CCC[C@H]1CN(CC(=O)c2cc(C(C)(C)C)c(O)c(C(C)(C)C)c2)C(=N)C1c1ccc(C(=O)NC)cc1. The van der Waals surface area contributed by atoms with E-state index in [0.717, 1.165) is 29.5 Å². The Hall–Kier alpha value is -3.15. The second-order valence-electron chi connectivity index (χ2n) is 12.3. The van der Waals surface area contributed by atoms with Gasteiger partial charge in [-0.2, -0.15) is 0 Å². The van der Waals surface area contributed by atoms with E-state index in [9.17, 15) is 14.7 Å². The molecule has 1 unspecified atom stereocenters. The Morgan fingerprint density at radius 2 is 1.54 bits per heavy atom. The average Bonchev–Trinajstić information content (AvgIpc) is 3.11. The van der Waals surface area contributed by atoms with E-state index in [2.05, 4.69) is 12.2 Å². The number of hydrogen-bond acceptors (Lipinski definition) is 4. The summed E-state index contributed by atoms with van der Waals surface area (Å²) in [6, 6.07) is 11.1. The molecule has 200 valence electrons. The number of nitrogens with one attached hydrogen (secondary N) is 2. The van der Waals surface area contributed by atoms with E-state index in [1.165, 1.54) is 0 Å². The number of aromatic hydroxyl groups is 1. The Morgan fingerprint density at radius 1 is 1.00 bits per heavy atom. The van der Waals surface area contributed by atoms with Crippen molar-refractivity contribution in [3.8, 4) is 5.75 Å². The third-order valence-corrected chi connectivity index (χ3v) is 7.36. The molecular weight excluding hydrogens is 462 g/mol. The van der Waals surface area contributed by atoms with Crippen LogP contribution in [0, 0.1) is 11.3 Å². The fourth-order valence-electron chi connectivity index (χ4n) is 5.30. The molecule has 1 saturated heterocycles. The van der Waals surface area contributed by atoms with Crippen LogP contribution in [0.5, 0.6) is 5.75 Å². The predicted octanol–water partition coefficient (Wildman–Crippen LogP) is 6.02. The molecule has 0 bridgehead atoms. The lowest BCUT2D eigenvalue weighted by molar-refractivity contribution is 0.0955. The van der Waals surface area contributed by atoms with Crippen molar-refractivity contribution in [3.63, 3.8) is 0 Å². The van der Waals surface area contributed by atoms with Crippen LogP contribution in [0.2, 0.25) is 0 Å². The maximum atomic E-state index is 13.6. The molecule has 0 saturated carbocycles. The first-order valence-electron chi connectivity index (χ1n) is 13.3. The van der Waals surface area contributed by atoms with Crippen molar-refractivity contribution in [1.82, 2.24) is 10.2 Å². The lowest BCUT2D eigenvalue weighted by Gasteiger charge is -2.28. The third-order valence-electron chi connectivity index (χ3n) is 7.36. The lowest BCUT2D eigenvalue weighted by atomic mass is 9.78. The monoisotopic (exact) mass is 505 g/mol. The van der Waals surface area contributed by atoms with Crippen molar-refractivity contribution in [3.05, 3.63) is 64.2 Å². The van der Waals surface area contributed by atoms with Crippen LogP contribution in [-0.4, -0.2) is 47.7 Å². The number of carbonyl (C=O) groups excluding carboxylic acids is 2. The number of hydrogen-bond donors (Lipinski definition) is 3. The minimum absolute atomic E-state index is 0.0494. The number of likely N-dealkylation sites (tertiary alicyclic amines) is 1. The second-order valence-corrected chi connectivity index (χ2v) is 12.3. The third kappa shape index (κ3) is 6.06. The Bertz CT molecular complexity index is 1130. The predicted molar refractivity (Wildman–Crippen MR) is 150 cm³/mol. The molecule has 0 aromatic heterocycles. The number of ketones is 1. The van der Waals surface area contributed by atoms with Gasteiger partial charge in [-0.05, 0) is 53.0 Å². The Labute approximate surface area is 222 Å². The normalized spacial score (nSPS) is 18.3. The highest BCUT2D eigenvalue weighted by atomic mass is 16.3. The fraction of sp³-hybridized carbons (Fsp3) is 0.516. The fourth-order valence-corrected chi connectivity index (χ4v) is 5.30. The molecule has 1 heterocycles. The highest BCUT2D eigenvalue weighted by Gasteiger charge is 2.39. The first-order valence-corrected chi connectivity index (χ1v) is 13.3. The van der Waals surface area contributed by atoms with Gasteiger partial charge in [-0.15, -0.1) is 0 Å². The number of phenols is 1. The molecular formula is C31H43N3O3. The smallest absolute Gasteiger partial charge is 0.251 e. The molecule has 6 nitrogen and oxygen atoms in total. The number of amidine groups is 1. The largest absolute Gasteiger partial charge is 0.507 e. The first-order chi connectivity index (χ1) is 17.2. The Morgan fingerprint density at radius 3 is 2.00 bits per heavy atom. The number of benzene rings is 2. The van der Waals surface area contributed by atoms with Crippen LogP contribution >= 0.6 is 0 Å². The van der Waals surface area contributed by atoms with Gasteiger partial charge in [-0.25, -0.2) is 0 Å². The second kappa shape index (κ2) is 10.7. The summed E-state index contributed by atoms with van der Waals surface area (Å²) in [5.41, 5.74) is 3.05. The number of phenolic OH excluding ortho intramolecular Hbond substituents is 1. The van der Waals surface area contributed by atoms with Gasteiger partial charge in [0.2, 0.25) is 0 Å². The van der Waals surface area contributed by atoms with E-state index in [-0.39, 0.29) is 46.7 Å². The number of Topliss-reactive ketones (excluding diaryl/α,β-unsaturated/α-hetero) is 1. The molecule has 2 aromatic rings. The van der Waals surface area contributed by atoms with Gasteiger partial charge in [0, 0.05) is 41.8 Å². The van der Waals surface area contributed by atoms with Crippen molar-refractivity contribution < 1.29 is 14.7 Å². The van der Waals surface area contributed by atoms with Crippen molar-refractivity contribution in [2.75, 3.05) is 20.1 Å². The van der Waals surface area contributed by atoms with Gasteiger partial charge in [-0.1, -0.05) is 67.0 Å². The van der Waals surface area contributed by atoms with Gasteiger partial charge in [-0.3, -0.25) is 15.0 Å². The van der Waals surface area contributed by atoms with Gasteiger partial charge >= 0.3 is 0 Å². The molecule has 2 aromatic carbocycles. The van der Waals surface area contributed by atoms with Gasteiger partial charge in [0.15, 0.2) is 5.78 Å². The summed E-state index contributed by atoms with van der Waals surface area (Å²) in [6.45, 7) is 15.1. The molecule has 0 aliphatic carbocycles. The Balaban J connectivity index is 1.91. The Kier molecular flexibility index (Phi) is 8.21. The van der Waals surface area contributed by atoms with Gasteiger partial charge in [0.25, 0.3) is 5.91 Å². The molecule has 3 rings (SSSR count). The van der Waals surface area contributed by atoms with Crippen molar-refractivity contribution in [1.29, 1.82) is 5.41 Å². The topological polar surface area (TPSA) is 93.5 Å². The molecule has 6 heteroatoms. The molecule has 37 heavy (non-hydrogen) atoms. The van der Waals surface area contributed by atoms with Gasteiger partial charge < -0.3 is 15.3 Å². The van der Waals surface area contributed by atoms with Crippen molar-refractivity contribution in [2.45, 2.75) is 78.1 Å². The number of amides is 1. The van der Waals surface area contributed by atoms with Gasteiger partial charge in [0.05, 0.1) is 6.54 Å². The molecule has 3 N–H and O–H groups in total. The van der Waals surface area contributed by atoms with Crippen LogP contribution in [0.4, 0.5) is 0 Å². The molecule has 1 aliphatic heterocycles. The standard InChI is InChI=1S/C31H43N3O3/c1-9-10-21-17-34(28(32)26(21)19-11-13-20(14-12-19)29(37)33-8)18-25(35)22-15-23(30(2,3)4)27(36)24(16-22)31(5,6)7/h11-16,21,26,32,36H,9-10,17-18H2,1-8H3,(H,33,37)/t21-,26?/m0/s1. The van der Waals surface area contributed by atoms with Crippen molar-refractivity contribution in [2.24, 2.45) is 5.92 Å². The molecule has 1 fully saturated rings. The summed E-state index contributed by atoms with van der Waals surface area (Å²) in [5, 5.41) is 22.7. The number of nitrogens with zero attached hydrogens (tertiary/aromatic N) is 1. The van der Waals surface area contributed by atoms with Crippen LogP contribution in [0.3, 0.4) is 0 Å². The summed E-state index contributed by atoms with van der Waals surface area (Å²) >= 11 is 0. The van der Waals surface area contributed by atoms with Crippen LogP contribution in [0.1, 0.15) is 105 Å². The molecule has 1 amide bonds. The minimum atomic E-state index is -0.321. The zero-order chi connectivity index (χ0) is 27.7. The van der Waals surface area contributed by atoms with E-state index in [1.807, 2.05) is 70.7 Å². The quantitative estimate of drug-likeness (QED) is 0.401. The summed E-state index contributed by atoms with van der Waals surface area (Å²) in [7, 11) is 1.61. The zero-order valence-corrected chi connectivity index (χ0v) is 23.7. The van der Waals surface area contributed by atoms with Gasteiger partial charge in [0.1, 0.15) is 11.6 Å². The van der Waals surface area contributed by atoms with Crippen LogP contribution in [-0.2, 0) is 10.8 Å². The zero-order valence-electron chi connectivity index (χ0n) is 23.7. The summed E-state index contributed by atoms with van der Waals surface area (Å²) in [5.74, 6) is 0.641. The number of carbonyl (C=O) groups is 2. The number of rotatable bonds is 7. The maximum Gasteiger partial charge on any atom is 0.251 e. The van der Waals surface area contributed by atoms with E-state index < -0.39 is 0 Å². The van der Waals surface area contributed by atoms with E-state index >= 15 is 0 Å². The van der Waals surface area contributed by atoms with Crippen LogP contribution < -0.4 is 5.32 Å². The lowest BCUT2D eigenvalue weighted by Crippen LogP contribution is -2.32. The summed E-state index contributed by atoms with van der Waals surface area (Å²) < 4.78 is 0. The van der Waals surface area contributed by atoms with Crippen molar-refractivity contribution >= 4 is 17.5 Å².